The predicted molar refractivity (Wildman–Crippen MR) is 82.0 cm³/mol. The molecule has 3 nitrogen and oxygen atoms in total. The summed E-state index contributed by atoms with van der Waals surface area (Å²) in [6, 6.07) is 13.9. The molecular weight excluding hydrogens is 267 g/mol. The molecule has 0 bridgehead atoms. The molecule has 106 valence electrons. The third-order valence-corrected chi connectivity index (χ3v) is 3.58. The minimum Gasteiger partial charge on any atom is -0.340 e. The summed E-state index contributed by atoms with van der Waals surface area (Å²) in [7, 11) is 1.76. The Kier molecular flexibility index (Phi) is 3.22. The maximum absolute atomic E-state index is 13.8. The maximum atomic E-state index is 13.8. The number of amides is 1. The lowest BCUT2D eigenvalue weighted by molar-refractivity contribution is 0.102. The van der Waals surface area contributed by atoms with Gasteiger partial charge in [0.25, 0.3) is 5.91 Å². The Balaban J connectivity index is 1.96. The van der Waals surface area contributed by atoms with E-state index in [0.717, 1.165) is 11.3 Å². The highest BCUT2D eigenvalue weighted by Crippen LogP contribution is 2.22. The number of hydrogen-bond donors (Lipinski definition) is 1. The van der Waals surface area contributed by atoms with Crippen molar-refractivity contribution in [3.8, 4) is 0 Å². The number of hydrogen-bond acceptors (Lipinski definition) is 1. The van der Waals surface area contributed by atoms with Gasteiger partial charge >= 0.3 is 0 Å². The first-order valence-corrected chi connectivity index (χ1v) is 6.68. The first kappa shape index (κ1) is 13.4. The van der Waals surface area contributed by atoms with Crippen LogP contribution in [0.3, 0.4) is 0 Å². The number of carbonyl (C=O) groups is 1. The summed E-state index contributed by atoms with van der Waals surface area (Å²) >= 11 is 0. The quantitative estimate of drug-likeness (QED) is 0.760. The summed E-state index contributed by atoms with van der Waals surface area (Å²) in [4.78, 5) is 12.3. The van der Waals surface area contributed by atoms with E-state index >= 15 is 0 Å². The van der Waals surface area contributed by atoms with Crippen LogP contribution in [0.4, 0.5) is 10.1 Å². The smallest absolute Gasteiger partial charge is 0.272 e. The molecule has 0 aliphatic heterocycles. The third kappa shape index (κ3) is 2.40. The van der Waals surface area contributed by atoms with Gasteiger partial charge in [-0.3, -0.25) is 4.79 Å². The van der Waals surface area contributed by atoms with Gasteiger partial charge in [0.2, 0.25) is 0 Å². The van der Waals surface area contributed by atoms with Crippen LogP contribution in [0, 0.1) is 12.7 Å². The van der Waals surface area contributed by atoms with Gasteiger partial charge in [-0.05, 0) is 37.3 Å². The van der Waals surface area contributed by atoms with Crippen LogP contribution >= 0.6 is 0 Å². The second kappa shape index (κ2) is 5.05. The van der Waals surface area contributed by atoms with Gasteiger partial charge in [-0.2, -0.15) is 0 Å². The zero-order chi connectivity index (χ0) is 15.0. The van der Waals surface area contributed by atoms with Crippen molar-refractivity contribution in [2.75, 3.05) is 5.32 Å². The number of aryl methyl sites for hydroxylation is 2. The first-order chi connectivity index (χ1) is 10.1. The Morgan fingerprint density at radius 1 is 1.14 bits per heavy atom. The van der Waals surface area contributed by atoms with Crippen molar-refractivity contribution in [3.05, 3.63) is 65.6 Å². The van der Waals surface area contributed by atoms with Crippen LogP contribution in [0.5, 0.6) is 0 Å². The minimum absolute atomic E-state index is 0.253. The van der Waals surface area contributed by atoms with Gasteiger partial charge < -0.3 is 9.88 Å². The van der Waals surface area contributed by atoms with Crippen molar-refractivity contribution in [1.29, 1.82) is 0 Å². The Bertz CT molecular complexity index is 819. The number of halogens is 1. The number of aromatic nitrogens is 1. The lowest BCUT2D eigenvalue weighted by Gasteiger charge is -2.06. The zero-order valence-corrected chi connectivity index (χ0v) is 11.9. The molecule has 0 unspecified atom stereocenters. The highest BCUT2D eigenvalue weighted by Gasteiger charge is 2.15. The van der Waals surface area contributed by atoms with E-state index < -0.39 is 0 Å². The summed E-state index contributed by atoms with van der Waals surface area (Å²) < 4.78 is 15.5. The number of fused-ring (bicyclic) bond motifs is 1. The summed E-state index contributed by atoms with van der Waals surface area (Å²) in [5.74, 6) is -0.575. The summed E-state index contributed by atoms with van der Waals surface area (Å²) in [6.07, 6.45) is 0. The van der Waals surface area contributed by atoms with Gasteiger partial charge in [-0.15, -0.1) is 0 Å². The molecule has 3 aromatic rings. The van der Waals surface area contributed by atoms with E-state index in [2.05, 4.69) is 5.32 Å². The van der Waals surface area contributed by atoms with Gasteiger partial charge in [0, 0.05) is 18.1 Å². The number of anilines is 1. The molecule has 0 atom stereocenters. The maximum Gasteiger partial charge on any atom is 0.272 e. The highest BCUT2D eigenvalue weighted by atomic mass is 19.1. The summed E-state index contributed by atoms with van der Waals surface area (Å²) in [5.41, 5.74) is 2.97. The molecule has 1 N–H and O–H groups in total. The Morgan fingerprint density at radius 2 is 1.86 bits per heavy atom. The Labute approximate surface area is 122 Å². The fraction of sp³-hybridized carbons (Fsp3) is 0.118. The molecule has 1 heterocycles. The largest absolute Gasteiger partial charge is 0.340 e. The molecule has 2 aromatic carbocycles. The molecule has 0 radical (unpaired) electrons. The van der Waals surface area contributed by atoms with E-state index in [-0.39, 0.29) is 11.7 Å². The van der Waals surface area contributed by atoms with E-state index in [0.29, 0.717) is 16.6 Å². The molecule has 3 rings (SSSR count). The van der Waals surface area contributed by atoms with Crippen LogP contribution in [0.2, 0.25) is 0 Å². The predicted octanol–water partition coefficient (Wildman–Crippen LogP) is 3.88. The molecule has 0 saturated heterocycles. The number of nitrogens with zero attached hydrogens (tertiary/aromatic N) is 1. The number of carbonyl (C=O) groups excluding carboxylic acids is 1. The average molecular weight is 282 g/mol. The normalized spacial score (nSPS) is 10.8. The molecule has 1 amide bonds. The van der Waals surface area contributed by atoms with E-state index in [9.17, 15) is 9.18 Å². The van der Waals surface area contributed by atoms with Crippen LogP contribution < -0.4 is 5.32 Å². The van der Waals surface area contributed by atoms with Crippen molar-refractivity contribution in [3.63, 3.8) is 0 Å². The number of nitrogens with one attached hydrogen (secondary N) is 1. The van der Waals surface area contributed by atoms with E-state index in [4.69, 9.17) is 0 Å². The average Bonchev–Trinajstić information content (AvgIpc) is 2.81. The second-order valence-corrected chi connectivity index (χ2v) is 5.08. The fourth-order valence-corrected chi connectivity index (χ4v) is 2.37. The van der Waals surface area contributed by atoms with Crippen molar-refractivity contribution < 1.29 is 9.18 Å². The van der Waals surface area contributed by atoms with Crippen LogP contribution in [0.15, 0.2) is 48.5 Å². The minimum atomic E-state index is -0.322. The van der Waals surface area contributed by atoms with Crippen molar-refractivity contribution in [2.24, 2.45) is 7.05 Å². The first-order valence-electron chi connectivity index (χ1n) is 6.68. The number of rotatable bonds is 2. The summed E-state index contributed by atoms with van der Waals surface area (Å²) in [5, 5.41) is 3.28. The lowest BCUT2D eigenvalue weighted by Crippen LogP contribution is -2.15. The molecule has 0 saturated carbocycles. The van der Waals surface area contributed by atoms with Crippen LogP contribution in [0.1, 0.15) is 16.1 Å². The molecule has 1 aromatic heterocycles. The fourth-order valence-electron chi connectivity index (χ4n) is 2.37. The summed E-state index contributed by atoms with van der Waals surface area (Å²) in [6.45, 7) is 1.98. The van der Waals surface area contributed by atoms with Gasteiger partial charge in [-0.1, -0.05) is 23.8 Å². The molecule has 0 aliphatic rings. The number of benzene rings is 2. The van der Waals surface area contributed by atoms with E-state index in [1.807, 2.05) is 31.2 Å². The molecular formula is C17H15FN2O. The van der Waals surface area contributed by atoms with Crippen LogP contribution in [-0.2, 0) is 7.05 Å². The molecule has 0 aliphatic carbocycles. The van der Waals surface area contributed by atoms with Gasteiger partial charge in [0.05, 0.1) is 5.52 Å². The Morgan fingerprint density at radius 3 is 2.52 bits per heavy atom. The second-order valence-electron chi connectivity index (χ2n) is 5.08. The van der Waals surface area contributed by atoms with E-state index in [1.54, 1.807) is 29.8 Å². The third-order valence-electron chi connectivity index (χ3n) is 3.58. The molecule has 0 fully saturated rings. The van der Waals surface area contributed by atoms with Gasteiger partial charge in [0.1, 0.15) is 11.5 Å². The molecule has 21 heavy (non-hydrogen) atoms. The highest BCUT2D eigenvalue weighted by molar-refractivity contribution is 6.06. The van der Waals surface area contributed by atoms with Gasteiger partial charge in [0.15, 0.2) is 0 Å². The molecule has 0 spiro atoms. The standard InChI is InChI=1S/C17H15FN2O/c1-11-6-8-12(9-7-11)19-17(21)16-10-13-14(18)4-3-5-15(13)20(16)2/h3-10H,1-2H3,(H,19,21). The monoisotopic (exact) mass is 282 g/mol. The lowest BCUT2D eigenvalue weighted by atomic mass is 10.2. The Hall–Kier alpha value is -2.62. The van der Waals surface area contributed by atoms with Crippen molar-refractivity contribution in [2.45, 2.75) is 6.92 Å². The zero-order valence-electron chi connectivity index (χ0n) is 11.9. The van der Waals surface area contributed by atoms with Gasteiger partial charge in [-0.25, -0.2) is 4.39 Å². The van der Waals surface area contributed by atoms with Crippen LogP contribution in [0.25, 0.3) is 10.9 Å². The van der Waals surface area contributed by atoms with E-state index in [1.165, 1.54) is 6.07 Å². The van der Waals surface area contributed by atoms with Crippen molar-refractivity contribution >= 4 is 22.5 Å². The molecule has 4 heteroatoms. The van der Waals surface area contributed by atoms with Crippen LogP contribution in [-0.4, -0.2) is 10.5 Å². The SMILES string of the molecule is Cc1ccc(NC(=O)c2cc3c(F)cccc3n2C)cc1. The topological polar surface area (TPSA) is 34.0 Å². The van der Waals surface area contributed by atoms with Crippen molar-refractivity contribution in [1.82, 2.24) is 4.57 Å².